The molecule has 0 bridgehead atoms. The first kappa shape index (κ1) is 24.7. The van der Waals surface area contributed by atoms with Crippen LogP contribution < -0.4 is 10.2 Å². The third kappa shape index (κ3) is 5.31. The molecule has 3 aliphatic rings. The highest BCUT2D eigenvalue weighted by Gasteiger charge is 2.38. The third-order valence-corrected chi connectivity index (χ3v) is 7.61. The third-order valence-electron chi connectivity index (χ3n) is 7.61. The van der Waals surface area contributed by atoms with Crippen LogP contribution in [0.2, 0.25) is 0 Å². The standard InChI is InChI=1S/C28H31F2N7O/c29-28(30)8-11-37(18-28)25-7-5-22(16-32-25)33-27(38)26-23-13-20(4-6-24(23)34-35-26)21-12-19(14-31-15-21)17-36-9-2-1-3-10-36/h4-5,7,12,14-16H,1-3,6,8-11,13,17-18H2,(H,33,38)(H,34,35). The number of likely N-dealkylation sites (tertiary alicyclic amines) is 1. The van der Waals surface area contributed by atoms with Gasteiger partial charge in [0.2, 0.25) is 0 Å². The molecule has 0 aromatic carbocycles. The molecule has 2 fully saturated rings. The number of allylic oxidation sites excluding steroid dienone is 2. The van der Waals surface area contributed by atoms with E-state index in [0.29, 0.717) is 30.0 Å². The minimum atomic E-state index is -2.69. The lowest BCUT2D eigenvalue weighted by Gasteiger charge is -2.26. The Kier molecular flexibility index (Phi) is 6.65. The molecule has 0 saturated carbocycles. The molecular weight excluding hydrogens is 488 g/mol. The Morgan fingerprint density at radius 2 is 1.97 bits per heavy atom. The predicted molar refractivity (Wildman–Crippen MR) is 141 cm³/mol. The van der Waals surface area contributed by atoms with Crippen LogP contribution in [-0.2, 0) is 19.4 Å². The van der Waals surface area contributed by atoms with Crippen LogP contribution in [0.25, 0.3) is 5.57 Å². The van der Waals surface area contributed by atoms with E-state index in [1.54, 1.807) is 17.0 Å². The van der Waals surface area contributed by atoms with Crippen LogP contribution in [0.15, 0.2) is 42.9 Å². The molecule has 2 aliphatic heterocycles. The fourth-order valence-corrected chi connectivity index (χ4v) is 5.55. The fourth-order valence-electron chi connectivity index (χ4n) is 5.55. The number of fused-ring (bicyclic) bond motifs is 1. The van der Waals surface area contributed by atoms with Crippen LogP contribution in [0, 0.1) is 0 Å². The number of carbonyl (C=O) groups is 1. The summed E-state index contributed by atoms with van der Waals surface area (Å²) in [5.41, 5.74) is 6.06. The molecule has 1 amide bonds. The van der Waals surface area contributed by atoms with E-state index in [2.05, 4.69) is 42.5 Å². The van der Waals surface area contributed by atoms with Crippen LogP contribution in [0.1, 0.15) is 58.6 Å². The number of H-pyrrole nitrogens is 1. The topological polar surface area (TPSA) is 90.0 Å². The van der Waals surface area contributed by atoms with E-state index in [4.69, 9.17) is 0 Å². The van der Waals surface area contributed by atoms with E-state index in [1.807, 2.05) is 12.4 Å². The summed E-state index contributed by atoms with van der Waals surface area (Å²) in [4.78, 5) is 25.9. The second kappa shape index (κ2) is 10.2. The van der Waals surface area contributed by atoms with Gasteiger partial charge in [-0.05, 0) is 60.8 Å². The van der Waals surface area contributed by atoms with Gasteiger partial charge in [0.15, 0.2) is 5.69 Å². The number of pyridine rings is 2. The number of alkyl halides is 2. The van der Waals surface area contributed by atoms with E-state index in [1.165, 1.54) is 31.0 Å². The molecule has 10 heteroatoms. The van der Waals surface area contributed by atoms with Crippen LogP contribution in [0.5, 0.6) is 0 Å². The van der Waals surface area contributed by atoms with Crippen molar-refractivity contribution in [1.29, 1.82) is 0 Å². The highest BCUT2D eigenvalue weighted by atomic mass is 19.3. The number of hydrogen-bond donors (Lipinski definition) is 2. The van der Waals surface area contributed by atoms with Crippen molar-refractivity contribution in [2.24, 2.45) is 0 Å². The van der Waals surface area contributed by atoms with Crippen LogP contribution in [0.4, 0.5) is 20.3 Å². The van der Waals surface area contributed by atoms with Crippen molar-refractivity contribution < 1.29 is 13.6 Å². The average molecular weight is 520 g/mol. The Bertz CT molecular complexity index is 1350. The first-order valence-electron chi connectivity index (χ1n) is 13.3. The number of nitrogens with zero attached hydrogens (tertiary/aromatic N) is 5. The minimum Gasteiger partial charge on any atom is -0.350 e. The Balaban J connectivity index is 1.12. The molecule has 3 aromatic rings. The second-order valence-electron chi connectivity index (χ2n) is 10.4. The minimum absolute atomic E-state index is 0.174. The summed E-state index contributed by atoms with van der Waals surface area (Å²) in [6, 6.07) is 5.55. The maximum Gasteiger partial charge on any atom is 0.276 e. The summed E-state index contributed by atoms with van der Waals surface area (Å²) in [5.74, 6) is -2.54. The molecule has 0 unspecified atom stereocenters. The van der Waals surface area contributed by atoms with Crippen molar-refractivity contribution in [3.8, 4) is 0 Å². The zero-order valence-electron chi connectivity index (χ0n) is 21.2. The highest BCUT2D eigenvalue weighted by Crippen LogP contribution is 2.31. The lowest BCUT2D eigenvalue weighted by atomic mass is 9.90. The van der Waals surface area contributed by atoms with Gasteiger partial charge in [-0.1, -0.05) is 12.5 Å². The molecule has 3 aromatic heterocycles. The number of anilines is 2. The van der Waals surface area contributed by atoms with Gasteiger partial charge in [0.1, 0.15) is 5.82 Å². The molecule has 5 heterocycles. The van der Waals surface area contributed by atoms with E-state index in [-0.39, 0.29) is 25.4 Å². The SMILES string of the molecule is O=C(Nc1ccc(N2CCC(F)(F)C2)nc1)c1n[nH]c2c1CC(c1cncc(CN3CCCCC3)c1)=CC2. The molecule has 2 N–H and O–H groups in total. The second-order valence-corrected chi connectivity index (χ2v) is 10.4. The van der Waals surface area contributed by atoms with E-state index >= 15 is 0 Å². The van der Waals surface area contributed by atoms with Crippen LogP contribution in [0.3, 0.4) is 0 Å². The summed E-state index contributed by atoms with van der Waals surface area (Å²) in [5, 5.41) is 10.2. The predicted octanol–water partition coefficient (Wildman–Crippen LogP) is 4.47. The van der Waals surface area contributed by atoms with Gasteiger partial charge in [0.25, 0.3) is 11.8 Å². The van der Waals surface area contributed by atoms with Crippen molar-refractivity contribution in [2.45, 2.75) is 51.0 Å². The van der Waals surface area contributed by atoms with E-state index < -0.39 is 5.92 Å². The van der Waals surface area contributed by atoms with Gasteiger partial charge in [0, 0.05) is 56.0 Å². The van der Waals surface area contributed by atoms with Crippen LogP contribution in [-0.4, -0.2) is 63.1 Å². The molecule has 8 nitrogen and oxygen atoms in total. The molecule has 0 spiro atoms. The maximum absolute atomic E-state index is 13.5. The maximum atomic E-state index is 13.5. The summed E-state index contributed by atoms with van der Waals surface area (Å²) >= 11 is 0. The summed E-state index contributed by atoms with van der Waals surface area (Å²) in [6.45, 7) is 3.10. The summed E-state index contributed by atoms with van der Waals surface area (Å²) < 4.78 is 27.1. The number of nitrogens with one attached hydrogen (secondary N) is 2. The number of hydrogen-bond acceptors (Lipinski definition) is 6. The Morgan fingerprint density at radius 3 is 2.74 bits per heavy atom. The van der Waals surface area contributed by atoms with Crippen LogP contribution >= 0.6 is 0 Å². The summed E-state index contributed by atoms with van der Waals surface area (Å²) in [6.07, 6.45) is 12.4. The highest BCUT2D eigenvalue weighted by molar-refractivity contribution is 6.04. The smallest absolute Gasteiger partial charge is 0.276 e. The number of halogens is 2. The lowest BCUT2D eigenvalue weighted by Crippen LogP contribution is -2.29. The Labute approximate surface area is 220 Å². The largest absolute Gasteiger partial charge is 0.350 e. The number of carbonyl (C=O) groups excluding carboxylic acids is 1. The molecule has 198 valence electrons. The number of aromatic amines is 1. The quantitative estimate of drug-likeness (QED) is 0.500. The number of aromatic nitrogens is 4. The average Bonchev–Trinajstić information content (AvgIpc) is 3.52. The fraction of sp³-hybridized carbons (Fsp3) is 0.429. The Hall–Kier alpha value is -3.66. The first-order chi connectivity index (χ1) is 18.4. The lowest BCUT2D eigenvalue weighted by molar-refractivity contribution is 0.0256. The molecule has 6 rings (SSSR count). The number of piperidine rings is 1. The van der Waals surface area contributed by atoms with Gasteiger partial charge in [-0.2, -0.15) is 5.10 Å². The normalized spacial score (nSPS) is 19.2. The Morgan fingerprint density at radius 1 is 1.11 bits per heavy atom. The van der Waals surface area contributed by atoms with Gasteiger partial charge < -0.3 is 10.2 Å². The van der Waals surface area contributed by atoms with Gasteiger partial charge in [-0.3, -0.25) is 19.8 Å². The molecular formula is C28H31F2N7O. The monoisotopic (exact) mass is 519 g/mol. The molecule has 0 radical (unpaired) electrons. The van der Waals surface area contributed by atoms with Crippen molar-refractivity contribution in [2.75, 3.05) is 36.4 Å². The van der Waals surface area contributed by atoms with E-state index in [0.717, 1.165) is 42.0 Å². The molecule has 38 heavy (non-hydrogen) atoms. The van der Waals surface area contributed by atoms with Crippen molar-refractivity contribution in [1.82, 2.24) is 25.1 Å². The number of amides is 1. The zero-order valence-corrected chi connectivity index (χ0v) is 21.2. The molecule has 0 atom stereocenters. The van der Waals surface area contributed by atoms with Gasteiger partial charge >= 0.3 is 0 Å². The van der Waals surface area contributed by atoms with Crippen molar-refractivity contribution in [3.05, 3.63) is 70.9 Å². The number of rotatable bonds is 6. The van der Waals surface area contributed by atoms with Crippen molar-refractivity contribution in [3.63, 3.8) is 0 Å². The molecule has 2 saturated heterocycles. The summed E-state index contributed by atoms with van der Waals surface area (Å²) in [7, 11) is 0. The van der Waals surface area contributed by atoms with E-state index in [9.17, 15) is 13.6 Å². The van der Waals surface area contributed by atoms with Gasteiger partial charge in [0.05, 0.1) is 18.4 Å². The van der Waals surface area contributed by atoms with Gasteiger partial charge in [-0.25, -0.2) is 13.8 Å². The zero-order chi connectivity index (χ0) is 26.1. The van der Waals surface area contributed by atoms with Crippen molar-refractivity contribution >= 4 is 23.0 Å². The van der Waals surface area contributed by atoms with Gasteiger partial charge in [-0.15, -0.1) is 0 Å². The first-order valence-corrected chi connectivity index (χ1v) is 13.3. The molecule has 1 aliphatic carbocycles.